The predicted octanol–water partition coefficient (Wildman–Crippen LogP) is 2.15. The predicted molar refractivity (Wildman–Crippen MR) is 88.9 cm³/mol. The van der Waals surface area contributed by atoms with Gasteiger partial charge in [0.25, 0.3) is 5.69 Å². The van der Waals surface area contributed by atoms with Crippen LogP contribution in [0.3, 0.4) is 0 Å². The number of hydrogen-bond acceptors (Lipinski definition) is 5. The smallest absolute Gasteiger partial charge is 0.289 e. The first-order valence-electron chi connectivity index (χ1n) is 6.48. The maximum atomic E-state index is 12.8. The summed E-state index contributed by atoms with van der Waals surface area (Å²) >= 11 is 3.17. The Bertz CT molecular complexity index is 656. The highest BCUT2D eigenvalue weighted by atomic mass is 79.9. The lowest BCUT2D eigenvalue weighted by Gasteiger charge is -2.23. The van der Waals surface area contributed by atoms with Gasteiger partial charge in [-0.1, -0.05) is 15.9 Å². The lowest BCUT2D eigenvalue weighted by atomic mass is 10.2. The fraction of sp³-hybridized carbons (Fsp3) is 0.500. The van der Waals surface area contributed by atoms with Crippen molar-refractivity contribution in [1.29, 1.82) is 0 Å². The van der Waals surface area contributed by atoms with Crippen molar-refractivity contribution in [2.24, 2.45) is 0 Å². The van der Waals surface area contributed by atoms with Crippen LogP contribution in [0.25, 0.3) is 0 Å². The van der Waals surface area contributed by atoms with Gasteiger partial charge in [-0.25, -0.2) is 8.42 Å². The first-order valence-corrected chi connectivity index (χ1v) is 8.71. The van der Waals surface area contributed by atoms with Gasteiger partial charge in [0.15, 0.2) is 4.90 Å². The van der Waals surface area contributed by atoms with Crippen molar-refractivity contribution < 1.29 is 13.3 Å². The molecule has 10 heteroatoms. The molecule has 0 saturated carbocycles. The molecule has 0 aromatic heterocycles. The fourth-order valence-electron chi connectivity index (χ4n) is 2.54. The van der Waals surface area contributed by atoms with Crippen LogP contribution in [-0.2, 0) is 10.0 Å². The minimum absolute atomic E-state index is 0. The van der Waals surface area contributed by atoms with Crippen molar-refractivity contribution >= 4 is 44.0 Å². The van der Waals surface area contributed by atoms with E-state index in [9.17, 15) is 18.5 Å². The van der Waals surface area contributed by atoms with Gasteiger partial charge in [0, 0.05) is 29.7 Å². The van der Waals surface area contributed by atoms with E-state index >= 15 is 0 Å². The number of sulfonamides is 1. The lowest BCUT2D eigenvalue weighted by Crippen LogP contribution is -2.40. The summed E-state index contributed by atoms with van der Waals surface area (Å²) in [6, 6.07) is 3.80. The average Bonchev–Trinajstić information content (AvgIpc) is 2.87. The van der Waals surface area contributed by atoms with Gasteiger partial charge in [0.1, 0.15) is 0 Å². The molecule has 0 bridgehead atoms. The molecule has 124 valence electrons. The third kappa shape index (κ3) is 3.77. The van der Waals surface area contributed by atoms with E-state index in [1.165, 1.54) is 22.5 Å². The minimum Gasteiger partial charge on any atom is -0.318 e. The number of benzene rings is 1. The molecule has 1 saturated heterocycles. The maximum Gasteiger partial charge on any atom is 0.289 e. The lowest BCUT2D eigenvalue weighted by molar-refractivity contribution is -0.387. The molecule has 1 aliphatic heterocycles. The molecule has 2 rings (SSSR count). The molecule has 0 amide bonds. The molecule has 7 nitrogen and oxygen atoms in total. The number of likely N-dealkylation sites (N-methyl/N-ethyl adjacent to an activating group) is 1. The Balaban J connectivity index is 0.00000242. The highest BCUT2D eigenvalue weighted by Gasteiger charge is 2.38. The normalized spacial score (nSPS) is 18.9. The minimum atomic E-state index is -3.89. The molecule has 1 aliphatic rings. The highest BCUT2D eigenvalue weighted by molar-refractivity contribution is 9.10. The van der Waals surface area contributed by atoms with Gasteiger partial charge < -0.3 is 5.32 Å². The van der Waals surface area contributed by atoms with Crippen LogP contribution in [0.15, 0.2) is 27.6 Å². The van der Waals surface area contributed by atoms with Gasteiger partial charge in [0.05, 0.1) is 4.92 Å². The molecule has 1 aromatic carbocycles. The number of nitro benzene ring substituents is 1. The van der Waals surface area contributed by atoms with E-state index in [4.69, 9.17) is 0 Å². The third-order valence-electron chi connectivity index (χ3n) is 3.47. The van der Waals surface area contributed by atoms with Crippen LogP contribution in [-0.4, -0.2) is 43.8 Å². The Kier molecular flexibility index (Phi) is 6.75. The molecule has 1 fully saturated rings. The van der Waals surface area contributed by atoms with Gasteiger partial charge >= 0.3 is 0 Å². The van der Waals surface area contributed by atoms with Crippen LogP contribution in [0.5, 0.6) is 0 Å². The number of rotatable bonds is 5. The number of nitrogens with one attached hydrogen (secondary N) is 1. The summed E-state index contributed by atoms with van der Waals surface area (Å²) in [6.45, 7) is 0.916. The average molecular weight is 415 g/mol. The maximum absolute atomic E-state index is 12.8. The van der Waals surface area contributed by atoms with Crippen molar-refractivity contribution in [2.45, 2.75) is 23.8 Å². The molecule has 1 atom stereocenters. The van der Waals surface area contributed by atoms with Crippen LogP contribution in [0.1, 0.15) is 12.8 Å². The van der Waals surface area contributed by atoms with E-state index in [1.807, 2.05) is 0 Å². The molecule has 0 radical (unpaired) electrons. The zero-order chi connectivity index (χ0) is 15.6. The van der Waals surface area contributed by atoms with E-state index in [-0.39, 0.29) is 23.3 Å². The van der Waals surface area contributed by atoms with Crippen molar-refractivity contribution in [3.8, 4) is 0 Å². The summed E-state index contributed by atoms with van der Waals surface area (Å²) in [4.78, 5) is 10.2. The van der Waals surface area contributed by atoms with E-state index < -0.39 is 20.6 Å². The van der Waals surface area contributed by atoms with E-state index in [0.29, 0.717) is 17.6 Å². The van der Waals surface area contributed by atoms with Crippen LogP contribution >= 0.6 is 28.3 Å². The summed E-state index contributed by atoms with van der Waals surface area (Å²) in [5, 5.41) is 14.1. The molecule has 1 unspecified atom stereocenters. The number of hydrogen-bond donors (Lipinski definition) is 1. The van der Waals surface area contributed by atoms with Gasteiger partial charge in [-0.05, 0) is 32.0 Å². The van der Waals surface area contributed by atoms with Crippen LogP contribution < -0.4 is 5.32 Å². The van der Waals surface area contributed by atoms with Crippen molar-refractivity contribution in [3.63, 3.8) is 0 Å². The van der Waals surface area contributed by atoms with E-state index in [1.54, 1.807) is 7.05 Å². The third-order valence-corrected chi connectivity index (χ3v) is 5.94. The summed E-state index contributed by atoms with van der Waals surface area (Å²) in [5.41, 5.74) is -0.395. The second-order valence-corrected chi connectivity index (χ2v) is 7.61. The topological polar surface area (TPSA) is 92.6 Å². The Labute approximate surface area is 143 Å². The van der Waals surface area contributed by atoms with Gasteiger partial charge in [-0.3, -0.25) is 10.1 Å². The van der Waals surface area contributed by atoms with Crippen LogP contribution in [0.2, 0.25) is 0 Å². The van der Waals surface area contributed by atoms with Crippen LogP contribution in [0.4, 0.5) is 5.69 Å². The molecular weight excluding hydrogens is 398 g/mol. The Morgan fingerprint density at radius 1 is 1.50 bits per heavy atom. The molecule has 1 N–H and O–H groups in total. The standard InChI is InChI=1S/C12H16BrN3O4S.ClH/c1-14-8-10-3-2-6-15(10)21(19,20)12-7-9(13)4-5-11(12)16(17)18;/h4-5,7,10,14H,2-3,6,8H2,1H3;1H. The van der Waals surface area contributed by atoms with Gasteiger partial charge in [-0.2, -0.15) is 4.31 Å². The summed E-state index contributed by atoms with van der Waals surface area (Å²) < 4.78 is 27.4. The van der Waals surface area contributed by atoms with Gasteiger partial charge in [-0.15, -0.1) is 12.4 Å². The molecule has 0 aliphatic carbocycles. The second kappa shape index (κ2) is 7.69. The Morgan fingerprint density at radius 3 is 2.77 bits per heavy atom. The summed E-state index contributed by atoms with van der Waals surface area (Å²) in [6.07, 6.45) is 1.51. The first-order chi connectivity index (χ1) is 9.87. The second-order valence-electron chi connectivity index (χ2n) is 4.84. The molecule has 0 spiro atoms. The quantitative estimate of drug-likeness (QED) is 0.589. The summed E-state index contributed by atoms with van der Waals surface area (Å²) in [7, 11) is -2.13. The van der Waals surface area contributed by atoms with Gasteiger partial charge in [0.2, 0.25) is 10.0 Å². The molecule has 1 heterocycles. The van der Waals surface area contributed by atoms with E-state index in [0.717, 1.165) is 12.8 Å². The monoisotopic (exact) mass is 413 g/mol. The largest absolute Gasteiger partial charge is 0.318 e. The van der Waals surface area contributed by atoms with E-state index in [2.05, 4.69) is 21.2 Å². The number of nitrogens with zero attached hydrogens (tertiary/aromatic N) is 2. The Hall–Kier alpha value is -0.740. The summed E-state index contributed by atoms with van der Waals surface area (Å²) in [5.74, 6) is 0. The molecule has 22 heavy (non-hydrogen) atoms. The fourth-order valence-corrected chi connectivity index (χ4v) is 4.93. The Morgan fingerprint density at radius 2 is 2.18 bits per heavy atom. The first kappa shape index (κ1) is 19.3. The number of halogens is 2. The SMILES string of the molecule is CNCC1CCCN1S(=O)(=O)c1cc(Br)ccc1[N+](=O)[O-].Cl. The molecule has 1 aromatic rings. The zero-order valence-corrected chi connectivity index (χ0v) is 15.1. The number of nitro groups is 1. The molecular formula is C12H17BrClN3O4S. The van der Waals surface area contributed by atoms with Crippen molar-refractivity contribution in [1.82, 2.24) is 9.62 Å². The van der Waals surface area contributed by atoms with Crippen molar-refractivity contribution in [3.05, 3.63) is 32.8 Å². The van der Waals surface area contributed by atoms with Crippen molar-refractivity contribution in [2.75, 3.05) is 20.1 Å². The highest BCUT2D eigenvalue weighted by Crippen LogP contribution is 2.33. The zero-order valence-electron chi connectivity index (χ0n) is 11.9. The van der Waals surface area contributed by atoms with Crippen LogP contribution in [0, 0.1) is 10.1 Å².